The molecule has 4 aromatic heterocycles. The van der Waals surface area contributed by atoms with Crippen molar-refractivity contribution >= 4 is 22.6 Å². The maximum Gasteiger partial charge on any atom is 0.280 e. The minimum Gasteiger partial charge on any atom is -0.375 e. The zero-order chi connectivity index (χ0) is 19.0. The van der Waals surface area contributed by atoms with E-state index in [0.717, 1.165) is 10.2 Å². The SMILES string of the molecule is COCC(=O)Nn1c(C)cc2c(cnc3nc(-c4ccncc4)nn32)c1=O. The first-order chi connectivity index (χ1) is 13.1. The Bertz CT molecular complexity index is 1210. The van der Waals surface area contributed by atoms with Gasteiger partial charge in [-0.15, -0.1) is 5.10 Å². The molecule has 0 fully saturated rings. The van der Waals surface area contributed by atoms with Crippen molar-refractivity contribution in [2.75, 3.05) is 19.1 Å². The molecule has 0 aliphatic rings. The van der Waals surface area contributed by atoms with Crippen LogP contribution in [-0.2, 0) is 9.53 Å². The van der Waals surface area contributed by atoms with Gasteiger partial charge in [0.2, 0.25) is 0 Å². The van der Waals surface area contributed by atoms with E-state index in [1.165, 1.54) is 17.8 Å². The van der Waals surface area contributed by atoms with Gasteiger partial charge in [-0.25, -0.2) is 9.66 Å². The van der Waals surface area contributed by atoms with Crippen LogP contribution in [0.1, 0.15) is 5.69 Å². The van der Waals surface area contributed by atoms with Crippen LogP contribution in [0.3, 0.4) is 0 Å². The van der Waals surface area contributed by atoms with Crippen molar-refractivity contribution in [2.45, 2.75) is 6.92 Å². The average Bonchev–Trinajstić information content (AvgIpc) is 3.11. The van der Waals surface area contributed by atoms with E-state index in [0.29, 0.717) is 28.2 Å². The fraction of sp³-hybridized carbons (Fsp3) is 0.176. The van der Waals surface area contributed by atoms with E-state index in [2.05, 4.69) is 25.5 Å². The first-order valence-electron chi connectivity index (χ1n) is 8.06. The molecule has 27 heavy (non-hydrogen) atoms. The molecule has 10 heteroatoms. The Morgan fingerprint density at radius 3 is 2.81 bits per heavy atom. The lowest BCUT2D eigenvalue weighted by atomic mass is 10.2. The van der Waals surface area contributed by atoms with Crippen molar-refractivity contribution in [3.8, 4) is 11.4 Å². The largest absolute Gasteiger partial charge is 0.375 e. The first-order valence-corrected chi connectivity index (χ1v) is 8.06. The number of carbonyl (C=O) groups is 1. The topological polar surface area (TPSA) is 116 Å². The highest BCUT2D eigenvalue weighted by atomic mass is 16.5. The Morgan fingerprint density at radius 2 is 2.07 bits per heavy atom. The molecule has 0 bridgehead atoms. The summed E-state index contributed by atoms with van der Waals surface area (Å²) in [5.74, 6) is 0.415. The molecular formula is C17H15N7O3. The number of ether oxygens (including phenoxy) is 1. The second-order valence-electron chi connectivity index (χ2n) is 5.83. The molecule has 0 saturated carbocycles. The summed E-state index contributed by atoms with van der Waals surface area (Å²) in [6.07, 6.45) is 4.73. The van der Waals surface area contributed by atoms with Gasteiger partial charge in [0, 0.05) is 37.0 Å². The molecule has 0 atom stereocenters. The summed E-state index contributed by atoms with van der Waals surface area (Å²) in [6, 6.07) is 5.32. The number of methoxy groups -OCH3 is 1. The summed E-state index contributed by atoms with van der Waals surface area (Å²) in [5, 5.41) is 4.78. The molecule has 4 heterocycles. The Morgan fingerprint density at radius 1 is 1.30 bits per heavy atom. The second-order valence-corrected chi connectivity index (χ2v) is 5.83. The predicted octanol–water partition coefficient (Wildman–Crippen LogP) is 0.526. The predicted molar refractivity (Wildman–Crippen MR) is 96.8 cm³/mol. The molecule has 1 amide bonds. The lowest BCUT2D eigenvalue weighted by Gasteiger charge is -2.12. The number of nitrogens with one attached hydrogen (secondary N) is 1. The van der Waals surface area contributed by atoms with E-state index < -0.39 is 11.5 Å². The van der Waals surface area contributed by atoms with Crippen LogP contribution in [0.4, 0.5) is 0 Å². The minimum atomic E-state index is -0.434. The van der Waals surface area contributed by atoms with Gasteiger partial charge in [-0.2, -0.15) is 9.50 Å². The molecular weight excluding hydrogens is 350 g/mol. The number of nitrogens with zero attached hydrogens (tertiary/aromatic N) is 6. The minimum absolute atomic E-state index is 0.153. The van der Waals surface area contributed by atoms with Gasteiger partial charge in [0.25, 0.3) is 17.2 Å². The summed E-state index contributed by atoms with van der Waals surface area (Å²) >= 11 is 0. The third-order valence-electron chi connectivity index (χ3n) is 3.99. The molecule has 0 saturated heterocycles. The van der Waals surface area contributed by atoms with E-state index in [1.807, 2.05) is 0 Å². The molecule has 0 spiro atoms. The number of rotatable bonds is 4. The Balaban J connectivity index is 1.89. The number of aromatic nitrogens is 6. The lowest BCUT2D eigenvalue weighted by Crippen LogP contribution is -2.36. The summed E-state index contributed by atoms with van der Waals surface area (Å²) in [6.45, 7) is 1.56. The second kappa shape index (κ2) is 6.57. The number of carbonyl (C=O) groups excluding carboxylic acids is 1. The van der Waals surface area contributed by atoms with Crippen LogP contribution in [0.15, 0.2) is 41.6 Å². The summed E-state index contributed by atoms with van der Waals surface area (Å²) < 4.78 is 7.46. The van der Waals surface area contributed by atoms with E-state index in [4.69, 9.17) is 4.74 Å². The van der Waals surface area contributed by atoms with Crippen LogP contribution in [0.5, 0.6) is 0 Å². The van der Waals surface area contributed by atoms with Gasteiger partial charge < -0.3 is 4.74 Å². The molecule has 4 aromatic rings. The highest BCUT2D eigenvalue weighted by Gasteiger charge is 2.15. The van der Waals surface area contributed by atoms with Crippen molar-refractivity contribution < 1.29 is 9.53 Å². The van der Waals surface area contributed by atoms with Crippen LogP contribution >= 0.6 is 0 Å². The Labute approximate surface area is 152 Å². The Hall–Kier alpha value is -3.66. The van der Waals surface area contributed by atoms with Gasteiger partial charge >= 0.3 is 0 Å². The maximum absolute atomic E-state index is 12.8. The Kier molecular flexibility index (Phi) is 4.09. The molecule has 1 N–H and O–H groups in total. The first kappa shape index (κ1) is 16.8. The molecule has 4 rings (SSSR count). The van der Waals surface area contributed by atoms with Gasteiger partial charge in [-0.1, -0.05) is 0 Å². The third-order valence-corrected chi connectivity index (χ3v) is 3.99. The van der Waals surface area contributed by atoms with Gasteiger partial charge in [-0.05, 0) is 25.1 Å². The number of amides is 1. The number of hydrogen-bond donors (Lipinski definition) is 1. The number of hydrogen-bond acceptors (Lipinski definition) is 7. The zero-order valence-electron chi connectivity index (χ0n) is 14.6. The van der Waals surface area contributed by atoms with Crippen LogP contribution < -0.4 is 11.0 Å². The zero-order valence-corrected chi connectivity index (χ0v) is 14.6. The van der Waals surface area contributed by atoms with Crippen molar-refractivity contribution in [3.05, 3.63) is 52.8 Å². The summed E-state index contributed by atoms with van der Waals surface area (Å²) in [4.78, 5) is 37.2. The third kappa shape index (κ3) is 2.91. The highest BCUT2D eigenvalue weighted by Crippen LogP contribution is 2.17. The summed E-state index contributed by atoms with van der Waals surface area (Å²) in [7, 11) is 1.40. The van der Waals surface area contributed by atoms with Crippen molar-refractivity contribution in [1.82, 2.24) is 29.2 Å². The molecule has 0 radical (unpaired) electrons. The number of pyridine rings is 2. The van der Waals surface area contributed by atoms with Gasteiger partial charge in [0.15, 0.2) is 5.82 Å². The number of aryl methyl sites for hydroxylation is 1. The van der Waals surface area contributed by atoms with E-state index in [9.17, 15) is 9.59 Å². The van der Waals surface area contributed by atoms with Gasteiger partial charge in [-0.3, -0.25) is 20.0 Å². The van der Waals surface area contributed by atoms with Crippen LogP contribution in [0.25, 0.3) is 28.1 Å². The van der Waals surface area contributed by atoms with Crippen LogP contribution in [0.2, 0.25) is 0 Å². The van der Waals surface area contributed by atoms with Gasteiger partial charge in [0.05, 0.1) is 10.9 Å². The molecule has 0 aliphatic heterocycles. The fourth-order valence-corrected chi connectivity index (χ4v) is 2.75. The fourth-order valence-electron chi connectivity index (χ4n) is 2.75. The van der Waals surface area contributed by atoms with E-state index >= 15 is 0 Å². The molecule has 0 aliphatic carbocycles. The lowest BCUT2D eigenvalue weighted by molar-refractivity contribution is -0.120. The molecule has 0 aromatic carbocycles. The van der Waals surface area contributed by atoms with E-state index in [1.54, 1.807) is 37.5 Å². The molecule has 0 unspecified atom stereocenters. The number of fused-ring (bicyclic) bond motifs is 3. The highest BCUT2D eigenvalue weighted by molar-refractivity contribution is 5.86. The monoisotopic (exact) mass is 365 g/mol. The van der Waals surface area contributed by atoms with Gasteiger partial charge in [0.1, 0.15) is 6.61 Å². The normalized spacial score (nSPS) is 11.2. The average molecular weight is 365 g/mol. The van der Waals surface area contributed by atoms with Crippen LogP contribution in [-0.4, -0.2) is 48.9 Å². The smallest absolute Gasteiger partial charge is 0.280 e. The standard InChI is InChI=1S/C17H15N7O3/c1-10-7-13-12(16(26)23(10)21-14(25)9-27-2)8-19-17-20-15(22-24(13)17)11-3-5-18-6-4-11/h3-8H,9H2,1-2H3,(H,21,25). The quantitative estimate of drug-likeness (QED) is 0.560. The molecule has 136 valence electrons. The van der Waals surface area contributed by atoms with E-state index in [-0.39, 0.29) is 6.61 Å². The molecule has 10 nitrogen and oxygen atoms in total. The van der Waals surface area contributed by atoms with Crippen molar-refractivity contribution in [2.24, 2.45) is 0 Å². The summed E-state index contributed by atoms with van der Waals surface area (Å²) in [5.41, 5.74) is 3.97. The van der Waals surface area contributed by atoms with Crippen LogP contribution in [0, 0.1) is 6.92 Å². The van der Waals surface area contributed by atoms with Crippen molar-refractivity contribution in [1.29, 1.82) is 0 Å². The maximum atomic E-state index is 12.8. The van der Waals surface area contributed by atoms with Crippen molar-refractivity contribution in [3.63, 3.8) is 0 Å².